The minimum atomic E-state index is -0.766. The van der Waals surface area contributed by atoms with E-state index in [4.69, 9.17) is 23.2 Å². The summed E-state index contributed by atoms with van der Waals surface area (Å²) in [5.74, 6) is 0.428. The lowest BCUT2D eigenvalue weighted by molar-refractivity contribution is -0.155. The van der Waals surface area contributed by atoms with Crippen LogP contribution in [0.15, 0.2) is 18.2 Å². The fraction of sp³-hybridized carbons (Fsp3) is 0.500. The molecule has 2 aliphatic rings. The number of nitrogens with zero attached hydrogens (tertiary/aromatic N) is 1. The summed E-state index contributed by atoms with van der Waals surface area (Å²) in [7, 11) is 0. The average molecular weight is 341 g/mol. The van der Waals surface area contributed by atoms with Crippen LogP contribution in [-0.2, 0) is 9.59 Å². The molecule has 1 heterocycles. The molecule has 0 radical (unpaired) electrons. The number of hydrogen-bond acceptors (Lipinski definition) is 2. The van der Waals surface area contributed by atoms with Crippen molar-refractivity contribution in [3.05, 3.63) is 28.2 Å². The van der Waals surface area contributed by atoms with Crippen LogP contribution in [0.5, 0.6) is 0 Å². The Hall–Kier alpha value is -1.26. The quantitative estimate of drug-likeness (QED) is 0.907. The second-order valence-electron chi connectivity index (χ2n) is 6.30. The van der Waals surface area contributed by atoms with Gasteiger partial charge in [-0.2, -0.15) is 0 Å². The number of halogens is 2. The Labute approximate surface area is 139 Å². The molecule has 1 atom stereocenters. The Kier molecular flexibility index (Phi) is 4.08. The molecule has 22 heavy (non-hydrogen) atoms. The molecule has 1 saturated carbocycles. The lowest BCUT2D eigenvalue weighted by Gasteiger charge is -2.49. The third-order valence-electron chi connectivity index (χ3n) is 4.55. The fourth-order valence-corrected chi connectivity index (χ4v) is 3.01. The van der Waals surface area contributed by atoms with Crippen molar-refractivity contribution in [2.75, 3.05) is 11.9 Å². The molecule has 1 aromatic carbocycles. The summed E-state index contributed by atoms with van der Waals surface area (Å²) in [5, 5.41) is 3.66. The van der Waals surface area contributed by atoms with Crippen LogP contribution >= 0.6 is 23.2 Å². The van der Waals surface area contributed by atoms with Gasteiger partial charge in [0.1, 0.15) is 5.54 Å². The highest BCUT2D eigenvalue weighted by molar-refractivity contribution is 6.42. The van der Waals surface area contributed by atoms with E-state index < -0.39 is 5.54 Å². The number of nitrogens with one attached hydrogen (secondary N) is 1. The molecule has 3 rings (SSSR count). The molecule has 1 aliphatic carbocycles. The van der Waals surface area contributed by atoms with E-state index in [1.165, 1.54) is 0 Å². The number of amides is 2. The number of carbonyl (C=O) groups is 2. The lowest BCUT2D eigenvalue weighted by atomic mass is 9.85. The average Bonchev–Trinajstić information content (AvgIpc) is 3.24. The predicted octanol–water partition coefficient (Wildman–Crippen LogP) is 3.72. The minimum Gasteiger partial charge on any atom is -0.328 e. The lowest BCUT2D eigenvalue weighted by Crippen LogP contribution is -2.66. The van der Waals surface area contributed by atoms with E-state index in [0.29, 0.717) is 41.0 Å². The Morgan fingerprint density at radius 2 is 2.05 bits per heavy atom. The van der Waals surface area contributed by atoms with Gasteiger partial charge in [-0.15, -0.1) is 0 Å². The largest absolute Gasteiger partial charge is 0.328 e. The smallest absolute Gasteiger partial charge is 0.250 e. The molecule has 0 bridgehead atoms. The third kappa shape index (κ3) is 2.95. The van der Waals surface area contributed by atoms with E-state index in [2.05, 4.69) is 5.32 Å². The summed E-state index contributed by atoms with van der Waals surface area (Å²) >= 11 is 11.8. The highest BCUT2D eigenvalue weighted by Crippen LogP contribution is 2.37. The normalized spacial score (nSPS) is 23.9. The number of carbonyl (C=O) groups excluding carboxylic acids is 2. The SMILES string of the molecule is CC1(C(=O)Nc2ccc(Cl)c(Cl)c2)CCN1C(=O)CC1CC1. The molecule has 118 valence electrons. The first-order valence-electron chi connectivity index (χ1n) is 7.47. The van der Waals surface area contributed by atoms with Crippen molar-refractivity contribution in [3.63, 3.8) is 0 Å². The second-order valence-corrected chi connectivity index (χ2v) is 7.11. The predicted molar refractivity (Wildman–Crippen MR) is 87.2 cm³/mol. The van der Waals surface area contributed by atoms with E-state index in [1.807, 2.05) is 6.92 Å². The molecule has 1 saturated heterocycles. The van der Waals surface area contributed by atoms with Gasteiger partial charge in [-0.05, 0) is 50.3 Å². The molecule has 0 aromatic heterocycles. The zero-order valence-corrected chi connectivity index (χ0v) is 13.9. The molecule has 1 aromatic rings. The molecule has 6 heteroatoms. The summed E-state index contributed by atoms with van der Waals surface area (Å²) in [6.45, 7) is 2.46. The van der Waals surface area contributed by atoms with Gasteiger partial charge < -0.3 is 10.2 Å². The standard InChI is InChI=1S/C16H18Cl2N2O2/c1-16(6-7-20(16)14(21)8-10-2-3-10)15(22)19-11-4-5-12(17)13(18)9-11/h4-5,9-10H,2-3,6-8H2,1H3,(H,19,22). The van der Waals surface area contributed by atoms with E-state index in [-0.39, 0.29) is 11.8 Å². The van der Waals surface area contributed by atoms with Crippen LogP contribution in [-0.4, -0.2) is 28.8 Å². The van der Waals surface area contributed by atoms with Gasteiger partial charge >= 0.3 is 0 Å². The molecule has 2 fully saturated rings. The van der Waals surface area contributed by atoms with Gasteiger partial charge in [0.15, 0.2) is 0 Å². The van der Waals surface area contributed by atoms with Crippen LogP contribution in [0.3, 0.4) is 0 Å². The highest BCUT2D eigenvalue weighted by atomic mass is 35.5. The van der Waals surface area contributed by atoms with Crippen molar-refractivity contribution in [2.45, 2.75) is 38.1 Å². The topological polar surface area (TPSA) is 49.4 Å². The van der Waals surface area contributed by atoms with E-state index in [9.17, 15) is 9.59 Å². The van der Waals surface area contributed by atoms with Crippen LogP contribution in [0, 0.1) is 5.92 Å². The van der Waals surface area contributed by atoms with Crippen molar-refractivity contribution in [1.82, 2.24) is 4.90 Å². The summed E-state index contributed by atoms with van der Waals surface area (Å²) in [4.78, 5) is 26.5. The fourth-order valence-electron chi connectivity index (χ4n) is 2.71. The minimum absolute atomic E-state index is 0.0838. The summed E-state index contributed by atoms with van der Waals surface area (Å²) in [6.07, 6.45) is 3.50. The molecular weight excluding hydrogens is 323 g/mol. The summed E-state index contributed by atoms with van der Waals surface area (Å²) in [6, 6.07) is 4.95. The van der Waals surface area contributed by atoms with Crippen LogP contribution in [0.25, 0.3) is 0 Å². The Balaban J connectivity index is 1.67. The summed E-state index contributed by atoms with van der Waals surface area (Å²) < 4.78 is 0. The van der Waals surface area contributed by atoms with Crippen molar-refractivity contribution < 1.29 is 9.59 Å². The first kappa shape index (κ1) is 15.6. The van der Waals surface area contributed by atoms with Crippen molar-refractivity contribution >= 4 is 40.7 Å². The van der Waals surface area contributed by atoms with Gasteiger partial charge in [0.2, 0.25) is 11.8 Å². The van der Waals surface area contributed by atoms with E-state index in [0.717, 1.165) is 12.8 Å². The Morgan fingerprint density at radius 1 is 1.32 bits per heavy atom. The molecule has 1 N–H and O–H groups in total. The van der Waals surface area contributed by atoms with Gasteiger partial charge in [-0.1, -0.05) is 23.2 Å². The first-order chi connectivity index (χ1) is 10.4. The maximum atomic E-state index is 12.5. The molecule has 2 amide bonds. The molecule has 0 spiro atoms. The zero-order chi connectivity index (χ0) is 15.9. The van der Waals surface area contributed by atoms with E-state index >= 15 is 0 Å². The third-order valence-corrected chi connectivity index (χ3v) is 5.28. The maximum Gasteiger partial charge on any atom is 0.250 e. The number of rotatable bonds is 4. The van der Waals surface area contributed by atoms with Crippen LogP contribution < -0.4 is 5.32 Å². The van der Waals surface area contributed by atoms with Crippen LogP contribution in [0.2, 0.25) is 10.0 Å². The van der Waals surface area contributed by atoms with Gasteiger partial charge in [-0.25, -0.2) is 0 Å². The van der Waals surface area contributed by atoms with Gasteiger partial charge in [0, 0.05) is 18.7 Å². The number of benzene rings is 1. The molecular formula is C16H18Cl2N2O2. The molecule has 4 nitrogen and oxygen atoms in total. The monoisotopic (exact) mass is 340 g/mol. The van der Waals surface area contributed by atoms with Gasteiger partial charge in [-0.3, -0.25) is 9.59 Å². The second kappa shape index (κ2) is 5.74. The van der Waals surface area contributed by atoms with Crippen LogP contribution in [0.1, 0.15) is 32.6 Å². The Morgan fingerprint density at radius 3 is 2.59 bits per heavy atom. The highest BCUT2D eigenvalue weighted by Gasteiger charge is 2.49. The number of anilines is 1. The zero-order valence-electron chi connectivity index (χ0n) is 12.4. The van der Waals surface area contributed by atoms with Crippen molar-refractivity contribution in [3.8, 4) is 0 Å². The Bertz CT molecular complexity index is 631. The van der Waals surface area contributed by atoms with Crippen molar-refractivity contribution in [1.29, 1.82) is 0 Å². The molecule has 1 aliphatic heterocycles. The van der Waals surface area contributed by atoms with Gasteiger partial charge in [0.05, 0.1) is 10.0 Å². The maximum absolute atomic E-state index is 12.5. The summed E-state index contributed by atoms with van der Waals surface area (Å²) in [5.41, 5.74) is -0.180. The van der Waals surface area contributed by atoms with Crippen molar-refractivity contribution in [2.24, 2.45) is 5.92 Å². The van der Waals surface area contributed by atoms with Crippen LogP contribution in [0.4, 0.5) is 5.69 Å². The molecule has 1 unspecified atom stereocenters. The van der Waals surface area contributed by atoms with E-state index in [1.54, 1.807) is 23.1 Å². The number of likely N-dealkylation sites (tertiary alicyclic amines) is 1. The number of hydrogen-bond donors (Lipinski definition) is 1. The van der Waals surface area contributed by atoms with Gasteiger partial charge in [0.25, 0.3) is 0 Å². The first-order valence-corrected chi connectivity index (χ1v) is 8.23.